The van der Waals surface area contributed by atoms with Crippen LogP contribution in [0.1, 0.15) is 38.9 Å². The van der Waals surface area contributed by atoms with Crippen molar-refractivity contribution in [3.05, 3.63) is 119 Å². The van der Waals surface area contributed by atoms with Crippen molar-refractivity contribution in [3.63, 3.8) is 0 Å². The Balaban J connectivity index is 1.43. The molecule has 6 heteroatoms. The average Bonchev–Trinajstić information content (AvgIpc) is 3.46. The Morgan fingerprint density at radius 1 is 1.00 bits per heavy atom. The van der Waals surface area contributed by atoms with E-state index in [-0.39, 0.29) is 24.5 Å². The normalized spacial score (nSPS) is 14.7. The van der Waals surface area contributed by atoms with E-state index in [1.54, 1.807) is 24.1 Å². The number of rotatable bonds is 6. The van der Waals surface area contributed by atoms with E-state index in [2.05, 4.69) is 6.07 Å². The lowest BCUT2D eigenvalue weighted by Gasteiger charge is -2.37. The molecular weight excluding hydrogens is 452 g/mol. The molecule has 6 nitrogen and oxygen atoms in total. The van der Waals surface area contributed by atoms with Crippen LogP contribution in [0.25, 0.3) is 0 Å². The molecule has 1 unspecified atom stereocenters. The van der Waals surface area contributed by atoms with Gasteiger partial charge in [0.2, 0.25) is 0 Å². The molecule has 0 saturated heterocycles. The van der Waals surface area contributed by atoms with Crippen LogP contribution in [0, 0.1) is 6.92 Å². The molecule has 1 aliphatic rings. The van der Waals surface area contributed by atoms with Crippen molar-refractivity contribution in [2.75, 3.05) is 25.1 Å². The third-order valence-corrected chi connectivity index (χ3v) is 6.58. The van der Waals surface area contributed by atoms with Crippen LogP contribution in [-0.4, -0.2) is 36.9 Å². The molecule has 5 rings (SSSR count). The van der Waals surface area contributed by atoms with Gasteiger partial charge in [-0.05, 0) is 66.4 Å². The SMILES string of the molecule is Cc1cccc(C2c3cc(OCC(=O)N(C)c4ccccc4)ccc3CCN2C(=O)c2ccco2)c1. The number of furan rings is 1. The van der Waals surface area contributed by atoms with E-state index in [0.29, 0.717) is 18.1 Å². The van der Waals surface area contributed by atoms with Crippen molar-refractivity contribution in [2.45, 2.75) is 19.4 Å². The van der Waals surface area contributed by atoms with Gasteiger partial charge in [0.05, 0.1) is 12.3 Å². The van der Waals surface area contributed by atoms with Crippen molar-refractivity contribution in [3.8, 4) is 5.75 Å². The number of nitrogens with zero attached hydrogens (tertiary/aromatic N) is 2. The average molecular weight is 481 g/mol. The largest absolute Gasteiger partial charge is 0.484 e. The van der Waals surface area contributed by atoms with Gasteiger partial charge in [-0.3, -0.25) is 9.59 Å². The number of carbonyl (C=O) groups is 2. The Morgan fingerprint density at radius 2 is 1.83 bits per heavy atom. The second-order valence-electron chi connectivity index (χ2n) is 8.98. The number of para-hydroxylation sites is 1. The summed E-state index contributed by atoms with van der Waals surface area (Å²) in [7, 11) is 1.74. The van der Waals surface area contributed by atoms with Crippen molar-refractivity contribution in [1.29, 1.82) is 0 Å². The number of anilines is 1. The van der Waals surface area contributed by atoms with Gasteiger partial charge in [0, 0.05) is 19.3 Å². The number of benzene rings is 3. The third kappa shape index (κ3) is 4.75. The molecule has 0 fully saturated rings. The summed E-state index contributed by atoms with van der Waals surface area (Å²) in [4.78, 5) is 29.6. The predicted molar refractivity (Wildman–Crippen MR) is 138 cm³/mol. The van der Waals surface area contributed by atoms with Crippen LogP contribution >= 0.6 is 0 Å². The van der Waals surface area contributed by atoms with Crippen LogP contribution in [0.15, 0.2) is 95.6 Å². The van der Waals surface area contributed by atoms with Crippen molar-refractivity contribution in [1.82, 2.24) is 4.90 Å². The molecule has 1 aromatic heterocycles. The minimum absolute atomic E-state index is 0.0890. The zero-order valence-corrected chi connectivity index (χ0v) is 20.4. The Kier molecular flexibility index (Phi) is 6.58. The highest BCUT2D eigenvalue weighted by Gasteiger charge is 2.34. The van der Waals surface area contributed by atoms with Crippen LogP contribution in [0.4, 0.5) is 5.69 Å². The van der Waals surface area contributed by atoms with E-state index in [0.717, 1.165) is 34.4 Å². The molecule has 1 atom stereocenters. The van der Waals surface area contributed by atoms with E-state index >= 15 is 0 Å². The number of aryl methyl sites for hydroxylation is 1. The predicted octanol–water partition coefficient (Wildman–Crippen LogP) is 5.42. The lowest BCUT2D eigenvalue weighted by atomic mass is 9.87. The molecule has 0 aliphatic carbocycles. The van der Waals surface area contributed by atoms with E-state index in [1.165, 1.54) is 6.26 Å². The van der Waals surface area contributed by atoms with Crippen molar-refractivity contribution < 1.29 is 18.7 Å². The maximum atomic E-state index is 13.4. The highest BCUT2D eigenvalue weighted by Crippen LogP contribution is 2.38. The molecule has 182 valence electrons. The number of fused-ring (bicyclic) bond motifs is 1. The molecule has 3 aromatic carbocycles. The molecule has 0 N–H and O–H groups in total. The molecule has 2 heterocycles. The van der Waals surface area contributed by atoms with Gasteiger partial charge < -0.3 is 19.0 Å². The summed E-state index contributed by atoms with van der Waals surface area (Å²) in [6, 6.07) is 26.7. The zero-order chi connectivity index (χ0) is 25.1. The van der Waals surface area contributed by atoms with Crippen LogP contribution in [-0.2, 0) is 11.2 Å². The molecule has 0 saturated carbocycles. The fraction of sp³-hybridized carbons (Fsp3) is 0.200. The highest BCUT2D eigenvalue weighted by atomic mass is 16.5. The first-order valence-corrected chi connectivity index (χ1v) is 12.0. The molecule has 0 radical (unpaired) electrons. The molecule has 1 aliphatic heterocycles. The molecule has 2 amide bonds. The van der Waals surface area contributed by atoms with Gasteiger partial charge in [-0.2, -0.15) is 0 Å². The second kappa shape index (κ2) is 10.1. The maximum absolute atomic E-state index is 13.4. The smallest absolute Gasteiger partial charge is 0.290 e. The summed E-state index contributed by atoms with van der Waals surface area (Å²) < 4.78 is 11.4. The van der Waals surface area contributed by atoms with E-state index < -0.39 is 0 Å². The Hall–Kier alpha value is -4.32. The van der Waals surface area contributed by atoms with E-state index in [4.69, 9.17) is 9.15 Å². The minimum Gasteiger partial charge on any atom is -0.484 e. The van der Waals surface area contributed by atoms with Crippen LogP contribution < -0.4 is 9.64 Å². The van der Waals surface area contributed by atoms with Gasteiger partial charge in [0.1, 0.15) is 5.75 Å². The summed E-state index contributed by atoms with van der Waals surface area (Å²) in [5.74, 6) is 0.610. The summed E-state index contributed by atoms with van der Waals surface area (Å²) in [5.41, 5.74) is 5.10. The number of likely N-dealkylation sites (N-methyl/N-ethyl adjacent to an activating group) is 1. The number of amides is 2. The molecule has 36 heavy (non-hydrogen) atoms. The number of hydrogen-bond donors (Lipinski definition) is 0. The Morgan fingerprint density at radius 3 is 2.58 bits per heavy atom. The van der Waals surface area contributed by atoms with E-state index in [1.807, 2.05) is 78.6 Å². The number of hydrogen-bond acceptors (Lipinski definition) is 4. The molecule has 0 spiro atoms. The van der Waals surface area contributed by atoms with E-state index in [9.17, 15) is 9.59 Å². The number of carbonyl (C=O) groups excluding carboxylic acids is 2. The van der Waals surface area contributed by atoms with Crippen LogP contribution in [0.2, 0.25) is 0 Å². The molecular formula is C30H28N2O4. The topological polar surface area (TPSA) is 63.0 Å². The first-order valence-electron chi connectivity index (χ1n) is 12.0. The lowest BCUT2D eigenvalue weighted by molar-refractivity contribution is -0.120. The van der Waals surface area contributed by atoms with Gasteiger partial charge in [0.15, 0.2) is 12.4 Å². The van der Waals surface area contributed by atoms with Gasteiger partial charge in [0.25, 0.3) is 11.8 Å². The van der Waals surface area contributed by atoms with Gasteiger partial charge in [-0.15, -0.1) is 0 Å². The minimum atomic E-state index is -0.294. The van der Waals surface area contributed by atoms with Gasteiger partial charge in [-0.1, -0.05) is 54.1 Å². The summed E-state index contributed by atoms with van der Waals surface area (Å²) in [5, 5.41) is 0. The fourth-order valence-corrected chi connectivity index (χ4v) is 4.68. The summed E-state index contributed by atoms with van der Waals surface area (Å²) in [6.45, 7) is 2.53. The zero-order valence-electron chi connectivity index (χ0n) is 20.4. The summed E-state index contributed by atoms with van der Waals surface area (Å²) in [6.07, 6.45) is 2.24. The fourth-order valence-electron chi connectivity index (χ4n) is 4.68. The Bertz CT molecular complexity index is 1360. The first kappa shape index (κ1) is 23.4. The molecule has 4 aromatic rings. The monoisotopic (exact) mass is 480 g/mol. The Labute approximate surface area is 210 Å². The molecule has 0 bridgehead atoms. The third-order valence-electron chi connectivity index (χ3n) is 6.58. The highest BCUT2D eigenvalue weighted by molar-refractivity contribution is 5.94. The van der Waals surface area contributed by atoms with Crippen LogP contribution in [0.3, 0.4) is 0 Å². The van der Waals surface area contributed by atoms with Crippen molar-refractivity contribution >= 4 is 17.5 Å². The quantitative estimate of drug-likeness (QED) is 0.370. The van der Waals surface area contributed by atoms with Gasteiger partial charge in [-0.25, -0.2) is 0 Å². The number of ether oxygens (including phenoxy) is 1. The van der Waals surface area contributed by atoms with Crippen molar-refractivity contribution in [2.24, 2.45) is 0 Å². The first-order chi connectivity index (χ1) is 17.5. The maximum Gasteiger partial charge on any atom is 0.290 e. The van der Waals surface area contributed by atoms with Gasteiger partial charge >= 0.3 is 0 Å². The standard InChI is InChI=1S/C30H28N2O4/c1-21-8-6-9-23(18-21)29-26-19-25(36-20-28(33)31(2)24-10-4-3-5-11-24)14-13-22(26)15-16-32(29)30(34)27-12-7-17-35-27/h3-14,17-19,29H,15-16,20H2,1-2H3. The summed E-state index contributed by atoms with van der Waals surface area (Å²) >= 11 is 0. The lowest BCUT2D eigenvalue weighted by Crippen LogP contribution is -2.40. The van der Waals surface area contributed by atoms with Crippen LogP contribution in [0.5, 0.6) is 5.75 Å². The second-order valence-corrected chi connectivity index (χ2v) is 8.98.